The maximum atomic E-state index is 12.4. The Balaban J connectivity index is 1.72. The normalized spacial score (nSPS) is 17.4. The molecule has 1 heterocycles. The Kier molecular flexibility index (Phi) is 4.15. The fourth-order valence-electron chi connectivity index (χ4n) is 2.73. The van der Waals surface area contributed by atoms with E-state index in [1.54, 1.807) is 4.90 Å². The molecule has 0 spiro atoms. The molecule has 1 fully saturated rings. The van der Waals surface area contributed by atoms with Gasteiger partial charge >= 0.3 is 5.97 Å². The topological polar surface area (TPSA) is 46.6 Å². The summed E-state index contributed by atoms with van der Waals surface area (Å²) in [5.74, 6) is -0.243. The number of anilines is 1. The molecule has 2 aromatic carbocycles. The number of hydrogen-bond acceptors (Lipinski definition) is 3. The second-order valence-corrected chi connectivity index (χ2v) is 5.93. The zero-order chi connectivity index (χ0) is 16.4. The highest BCUT2D eigenvalue weighted by molar-refractivity contribution is 5.99. The van der Waals surface area contributed by atoms with Crippen LogP contribution in [0.4, 0.5) is 5.69 Å². The van der Waals surface area contributed by atoms with Crippen LogP contribution in [0.15, 0.2) is 48.5 Å². The molecular weight excluding hydrogens is 290 g/mol. The number of benzene rings is 2. The Morgan fingerprint density at radius 1 is 1.13 bits per heavy atom. The van der Waals surface area contributed by atoms with Crippen molar-refractivity contribution in [1.82, 2.24) is 0 Å². The molecule has 4 heteroatoms. The van der Waals surface area contributed by atoms with Crippen molar-refractivity contribution in [1.29, 1.82) is 0 Å². The summed E-state index contributed by atoms with van der Waals surface area (Å²) >= 11 is 0. The minimum Gasteiger partial charge on any atom is -0.426 e. The summed E-state index contributed by atoms with van der Waals surface area (Å²) in [5, 5.41) is 0. The third-order valence-electron chi connectivity index (χ3n) is 4.08. The fraction of sp³-hybridized carbons (Fsp3) is 0.263. The van der Waals surface area contributed by atoms with Gasteiger partial charge in [-0.25, -0.2) is 0 Å². The van der Waals surface area contributed by atoms with Gasteiger partial charge in [-0.05, 0) is 43.2 Å². The molecule has 118 valence electrons. The molecule has 1 aliphatic rings. The van der Waals surface area contributed by atoms with E-state index in [0.717, 1.165) is 16.8 Å². The standard InChI is InChI=1S/C19H19NO3/c1-13-8-9-14(2)17(10-13)23-19(22)15-11-18(21)20(12-15)16-6-4-3-5-7-16/h3-10,15H,11-12H2,1-2H3/t15-/m0/s1. The SMILES string of the molecule is Cc1ccc(C)c(OC(=O)[C@H]2CC(=O)N(c3ccccc3)C2)c1. The molecule has 2 aromatic rings. The number of nitrogens with zero attached hydrogens (tertiary/aromatic N) is 1. The molecule has 1 aliphatic heterocycles. The van der Waals surface area contributed by atoms with E-state index in [9.17, 15) is 9.59 Å². The average molecular weight is 309 g/mol. The molecule has 1 saturated heterocycles. The van der Waals surface area contributed by atoms with Crippen LogP contribution >= 0.6 is 0 Å². The first kappa shape index (κ1) is 15.3. The van der Waals surface area contributed by atoms with Crippen LogP contribution in [0.2, 0.25) is 0 Å². The minimum atomic E-state index is -0.428. The second-order valence-electron chi connectivity index (χ2n) is 5.93. The van der Waals surface area contributed by atoms with E-state index in [1.807, 2.05) is 62.4 Å². The monoisotopic (exact) mass is 309 g/mol. The molecule has 23 heavy (non-hydrogen) atoms. The molecule has 3 rings (SSSR count). The quantitative estimate of drug-likeness (QED) is 0.646. The molecule has 0 N–H and O–H groups in total. The molecule has 0 aliphatic carbocycles. The second kappa shape index (κ2) is 6.24. The van der Waals surface area contributed by atoms with Gasteiger partial charge in [0.2, 0.25) is 5.91 Å². The van der Waals surface area contributed by atoms with Crippen LogP contribution in [-0.4, -0.2) is 18.4 Å². The maximum absolute atomic E-state index is 12.4. The molecule has 4 nitrogen and oxygen atoms in total. The lowest BCUT2D eigenvalue weighted by molar-refractivity contribution is -0.139. The molecule has 0 bridgehead atoms. The predicted molar refractivity (Wildman–Crippen MR) is 88.5 cm³/mol. The van der Waals surface area contributed by atoms with Gasteiger partial charge in [-0.1, -0.05) is 30.3 Å². The lowest BCUT2D eigenvalue weighted by atomic mass is 10.1. The molecule has 0 unspecified atom stereocenters. The Morgan fingerprint density at radius 3 is 2.61 bits per heavy atom. The largest absolute Gasteiger partial charge is 0.426 e. The fourth-order valence-corrected chi connectivity index (χ4v) is 2.73. The summed E-state index contributed by atoms with van der Waals surface area (Å²) < 4.78 is 5.52. The third kappa shape index (κ3) is 3.26. The molecular formula is C19H19NO3. The maximum Gasteiger partial charge on any atom is 0.316 e. The van der Waals surface area contributed by atoms with Crippen molar-refractivity contribution < 1.29 is 14.3 Å². The van der Waals surface area contributed by atoms with E-state index < -0.39 is 5.92 Å². The first-order valence-corrected chi connectivity index (χ1v) is 7.69. The summed E-state index contributed by atoms with van der Waals surface area (Å²) in [6, 6.07) is 15.1. The van der Waals surface area contributed by atoms with Crippen molar-refractivity contribution in [2.24, 2.45) is 5.92 Å². The first-order chi connectivity index (χ1) is 11.0. The highest BCUT2D eigenvalue weighted by Gasteiger charge is 2.36. The van der Waals surface area contributed by atoms with Gasteiger partial charge in [0.1, 0.15) is 5.75 Å². The Bertz CT molecular complexity index is 740. The van der Waals surface area contributed by atoms with Crippen molar-refractivity contribution in [3.05, 3.63) is 59.7 Å². The third-order valence-corrected chi connectivity index (χ3v) is 4.08. The highest BCUT2D eigenvalue weighted by Crippen LogP contribution is 2.27. The average Bonchev–Trinajstić information content (AvgIpc) is 2.94. The van der Waals surface area contributed by atoms with Crippen molar-refractivity contribution in [2.75, 3.05) is 11.4 Å². The van der Waals surface area contributed by atoms with E-state index in [-0.39, 0.29) is 18.3 Å². The van der Waals surface area contributed by atoms with Gasteiger partial charge in [0.15, 0.2) is 0 Å². The lowest BCUT2D eigenvalue weighted by Crippen LogP contribution is -2.27. The molecule has 0 saturated carbocycles. The number of carbonyl (C=O) groups excluding carboxylic acids is 2. The number of ether oxygens (including phenoxy) is 1. The van der Waals surface area contributed by atoms with Gasteiger partial charge in [-0.3, -0.25) is 9.59 Å². The van der Waals surface area contributed by atoms with Gasteiger partial charge < -0.3 is 9.64 Å². The Morgan fingerprint density at radius 2 is 1.87 bits per heavy atom. The lowest BCUT2D eigenvalue weighted by Gasteiger charge is -2.16. The van der Waals surface area contributed by atoms with E-state index in [1.165, 1.54) is 0 Å². The number of esters is 1. The van der Waals surface area contributed by atoms with Crippen LogP contribution in [0.25, 0.3) is 0 Å². The molecule has 0 radical (unpaired) electrons. The van der Waals surface area contributed by atoms with Gasteiger partial charge in [0.05, 0.1) is 5.92 Å². The summed E-state index contributed by atoms with van der Waals surface area (Å²) in [5.41, 5.74) is 2.76. The van der Waals surface area contributed by atoms with Crippen LogP contribution in [0.1, 0.15) is 17.5 Å². The number of amides is 1. The predicted octanol–water partition coefficient (Wildman–Crippen LogP) is 3.26. The number of aryl methyl sites for hydroxylation is 2. The van der Waals surface area contributed by atoms with Crippen LogP contribution in [0.3, 0.4) is 0 Å². The van der Waals surface area contributed by atoms with E-state index in [2.05, 4.69) is 0 Å². The van der Waals surface area contributed by atoms with Crippen LogP contribution in [-0.2, 0) is 9.59 Å². The summed E-state index contributed by atoms with van der Waals surface area (Å²) in [4.78, 5) is 26.2. The van der Waals surface area contributed by atoms with Crippen molar-refractivity contribution >= 4 is 17.6 Å². The van der Waals surface area contributed by atoms with Gasteiger partial charge in [-0.2, -0.15) is 0 Å². The highest BCUT2D eigenvalue weighted by atomic mass is 16.5. The first-order valence-electron chi connectivity index (χ1n) is 7.69. The Labute approximate surface area is 135 Å². The van der Waals surface area contributed by atoms with Gasteiger partial charge in [0.25, 0.3) is 0 Å². The number of carbonyl (C=O) groups is 2. The molecule has 1 amide bonds. The minimum absolute atomic E-state index is 0.0425. The number of rotatable bonds is 3. The van der Waals surface area contributed by atoms with E-state index in [0.29, 0.717) is 12.3 Å². The van der Waals surface area contributed by atoms with Crippen LogP contribution in [0, 0.1) is 19.8 Å². The number of para-hydroxylation sites is 1. The summed E-state index contributed by atoms with van der Waals surface area (Å²) in [7, 11) is 0. The smallest absolute Gasteiger partial charge is 0.316 e. The van der Waals surface area contributed by atoms with Gasteiger partial charge in [0, 0.05) is 18.7 Å². The van der Waals surface area contributed by atoms with E-state index in [4.69, 9.17) is 4.74 Å². The van der Waals surface area contributed by atoms with Crippen molar-refractivity contribution in [2.45, 2.75) is 20.3 Å². The zero-order valence-corrected chi connectivity index (χ0v) is 13.3. The molecule has 0 aromatic heterocycles. The van der Waals surface area contributed by atoms with Crippen molar-refractivity contribution in [3.8, 4) is 5.75 Å². The summed E-state index contributed by atoms with van der Waals surface area (Å²) in [6.45, 7) is 4.22. The van der Waals surface area contributed by atoms with Crippen molar-refractivity contribution in [3.63, 3.8) is 0 Å². The zero-order valence-electron chi connectivity index (χ0n) is 13.3. The summed E-state index contributed by atoms with van der Waals surface area (Å²) in [6.07, 6.45) is 0.193. The van der Waals surface area contributed by atoms with Crippen LogP contribution in [0.5, 0.6) is 5.75 Å². The number of hydrogen-bond donors (Lipinski definition) is 0. The van der Waals surface area contributed by atoms with Crippen LogP contribution < -0.4 is 9.64 Å². The molecule has 1 atom stereocenters. The van der Waals surface area contributed by atoms with E-state index >= 15 is 0 Å². The Hall–Kier alpha value is -2.62. The van der Waals surface area contributed by atoms with Gasteiger partial charge in [-0.15, -0.1) is 0 Å².